The lowest BCUT2D eigenvalue weighted by molar-refractivity contribution is -0.174. The molecule has 0 unspecified atom stereocenters. The highest BCUT2D eigenvalue weighted by molar-refractivity contribution is 5.91. The summed E-state index contributed by atoms with van der Waals surface area (Å²) in [6.45, 7) is 3.04. The number of ether oxygens (including phenoxy) is 1. The van der Waals surface area contributed by atoms with E-state index in [2.05, 4.69) is 30.5 Å². The molecule has 0 spiro atoms. The lowest BCUT2D eigenvalue weighted by atomic mass is 9.81. The Hall–Kier alpha value is -3.73. The Balaban J connectivity index is 1.28. The van der Waals surface area contributed by atoms with Crippen LogP contribution in [0.25, 0.3) is 5.78 Å². The first-order valence-electron chi connectivity index (χ1n) is 15.6. The summed E-state index contributed by atoms with van der Waals surface area (Å²) in [5.41, 5.74) is 0.699. The zero-order chi connectivity index (χ0) is 32.8. The number of nitrogens with zero attached hydrogens (tertiary/aromatic N) is 8. The van der Waals surface area contributed by atoms with E-state index in [9.17, 15) is 32.3 Å². The second-order valence-electron chi connectivity index (χ2n) is 12.8. The molecule has 0 aromatic carbocycles. The van der Waals surface area contributed by atoms with Gasteiger partial charge in [0.1, 0.15) is 19.0 Å². The van der Waals surface area contributed by atoms with Gasteiger partial charge in [0.25, 0.3) is 23.5 Å². The first kappa shape index (κ1) is 32.2. The number of carbonyl (C=O) groups is 2. The van der Waals surface area contributed by atoms with Crippen molar-refractivity contribution >= 4 is 17.6 Å². The van der Waals surface area contributed by atoms with Crippen molar-refractivity contribution in [1.29, 1.82) is 0 Å². The Bertz CT molecular complexity index is 1560. The summed E-state index contributed by atoms with van der Waals surface area (Å²) in [4.78, 5) is 41.7. The van der Waals surface area contributed by atoms with E-state index in [-0.39, 0.29) is 68.6 Å². The molecular formula is C29H37F4N9O4. The standard InChI is InChI=1S/C29H37F4N9O4/c1-16(2)42-24(34-15-36-42)25(44)39-23(17-3-7-28(30,31)8-4-17)20-13-41-27(38-20)37-19(12-35-41)21-11-18(43)6-10-40(21)26(45)22-5-9-29(32,33)14-46-22/h12-13,15-18,21-23,43H,3-11,14H2,1-2H3,(H,39,44)/t18-,21+,22-,23-/m0/s1. The minimum atomic E-state index is -2.98. The summed E-state index contributed by atoms with van der Waals surface area (Å²) in [6.07, 6.45) is 2.07. The van der Waals surface area contributed by atoms with Gasteiger partial charge in [0.2, 0.25) is 11.7 Å². The molecule has 2 aliphatic heterocycles. The van der Waals surface area contributed by atoms with Crippen LogP contribution in [0.2, 0.25) is 0 Å². The van der Waals surface area contributed by atoms with Crippen molar-refractivity contribution in [3.8, 4) is 0 Å². The van der Waals surface area contributed by atoms with Gasteiger partial charge in [-0.2, -0.15) is 10.2 Å². The molecule has 2 N–H and O–H groups in total. The molecule has 5 heterocycles. The van der Waals surface area contributed by atoms with E-state index in [1.165, 1.54) is 26.6 Å². The molecule has 1 aliphatic carbocycles. The van der Waals surface area contributed by atoms with Crippen LogP contribution in [0.5, 0.6) is 0 Å². The van der Waals surface area contributed by atoms with Crippen LogP contribution >= 0.6 is 0 Å². The number of carbonyl (C=O) groups excluding carboxylic acids is 2. The third kappa shape index (κ3) is 6.70. The van der Waals surface area contributed by atoms with Crippen LogP contribution in [0.1, 0.15) is 105 Å². The van der Waals surface area contributed by atoms with Gasteiger partial charge < -0.3 is 20.1 Å². The zero-order valence-corrected chi connectivity index (χ0v) is 25.5. The molecule has 2 saturated heterocycles. The molecule has 250 valence electrons. The predicted octanol–water partition coefficient (Wildman–Crippen LogP) is 3.43. The number of rotatable bonds is 7. The number of aliphatic hydroxyl groups excluding tert-OH is 1. The molecule has 3 aromatic rings. The monoisotopic (exact) mass is 651 g/mol. The number of nitrogens with one attached hydrogen (secondary N) is 1. The van der Waals surface area contributed by atoms with E-state index < -0.39 is 61.0 Å². The third-order valence-corrected chi connectivity index (χ3v) is 9.08. The number of fused-ring (bicyclic) bond motifs is 1. The summed E-state index contributed by atoms with van der Waals surface area (Å²) in [7, 11) is 0. The number of likely N-dealkylation sites (tertiary alicyclic amines) is 1. The predicted molar refractivity (Wildman–Crippen MR) is 152 cm³/mol. The van der Waals surface area contributed by atoms with Crippen LogP contribution in [0.4, 0.5) is 17.6 Å². The fourth-order valence-corrected chi connectivity index (χ4v) is 6.53. The largest absolute Gasteiger partial charge is 0.393 e. The number of halogens is 4. The van der Waals surface area contributed by atoms with E-state index in [1.807, 2.05) is 13.8 Å². The second-order valence-corrected chi connectivity index (χ2v) is 12.8. The van der Waals surface area contributed by atoms with Crippen LogP contribution < -0.4 is 5.32 Å². The average Bonchev–Trinajstić information content (AvgIpc) is 3.67. The number of amides is 2. The third-order valence-electron chi connectivity index (χ3n) is 9.08. The van der Waals surface area contributed by atoms with Crippen molar-refractivity contribution in [3.05, 3.63) is 35.9 Å². The molecule has 6 rings (SSSR count). The van der Waals surface area contributed by atoms with Gasteiger partial charge in [-0.3, -0.25) is 9.59 Å². The van der Waals surface area contributed by atoms with E-state index in [0.29, 0.717) is 17.8 Å². The maximum atomic E-state index is 14.1. The Labute approximate surface area is 261 Å². The normalized spacial score (nSPS) is 25.9. The maximum absolute atomic E-state index is 14.1. The lowest BCUT2D eigenvalue weighted by Crippen LogP contribution is -2.50. The molecule has 4 atom stereocenters. The SMILES string of the molecule is CC(C)n1ncnc1C(=O)N[C@H](c1cn2ncc([C@H]3C[C@@H](O)CCN3C(=O)[C@@H]3CCC(F)(F)CO3)nc2n1)C1CCC(F)(F)CC1. The number of imidazole rings is 1. The smallest absolute Gasteiger partial charge is 0.289 e. The quantitative estimate of drug-likeness (QED) is 0.366. The molecule has 13 nitrogen and oxygen atoms in total. The van der Waals surface area contributed by atoms with Crippen molar-refractivity contribution in [2.45, 2.75) is 107 Å². The second kappa shape index (κ2) is 12.5. The zero-order valence-electron chi connectivity index (χ0n) is 25.5. The molecule has 1 saturated carbocycles. The average molecular weight is 652 g/mol. The Kier molecular flexibility index (Phi) is 8.73. The summed E-state index contributed by atoms with van der Waals surface area (Å²) < 4.78 is 63.6. The number of aliphatic hydroxyl groups is 1. The molecule has 17 heteroatoms. The summed E-state index contributed by atoms with van der Waals surface area (Å²) >= 11 is 0. The van der Waals surface area contributed by atoms with E-state index in [4.69, 9.17) is 4.74 Å². The van der Waals surface area contributed by atoms with Crippen molar-refractivity contribution < 1.29 is 37.0 Å². The summed E-state index contributed by atoms with van der Waals surface area (Å²) in [6, 6.07) is -1.62. The fourth-order valence-electron chi connectivity index (χ4n) is 6.53. The van der Waals surface area contributed by atoms with Gasteiger partial charge in [-0.15, -0.1) is 0 Å². The van der Waals surface area contributed by atoms with Gasteiger partial charge in [0, 0.05) is 31.8 Å². The first-order chi connectivity index (χ1) is 21.8. The molecule has 3 fully saturated rings. The van der Waals surface area contributed by atoms with Gasteiger partial charge in [0.05, 0.1) is 42.0 Å². The molecule has 0 bridgehead atoms. The van der Waals surface area contributed by atoms with Crippen LogP contribution in [0.3, 0.4) is 0 Å². The highest BCUT2D eigenvalue weighted by Crippen LogP contribution is 2.41. The Morgan fingerprint density at radius 1 is 1.04 bits per heavy atom. The summed E-state index contributed by atoms with van der Waals surface area (Å²) in [5, 5.41) is 22.0. The number of aromatic nitrogens is 7. The van der Waals surface area contributed by atoms with Crippen molar-refractivity contribution in [3.63, 3.8) is 0 Å². The summed E-state index contributed by atoms with van der Waals surface area (Å²) in [5.74, 6) is -6.88. The van der Waals surface area contributed by atoms with Crippen LogP contribution in [-0.2, 0) is 9.53 Å². The van der Waals surface area contributed by atoms with Gasteiger partial charge in [-0.05, 0) is 51.9 Å². The molecule has 46 heavy (non-hydrogen) atoms. The molecule has 0 radical (unpaired) electrons. The minimum absolute atomic E-state index is 0.0784. The molecule has 3 aliphatic rings. The van der Waals surface area contributed by atoms with Crippen LogP contribution in [-0.4, -0.2) is 93.4 Å². The number of piperidine rings is 1. The fraction of sp³-hybridized carbons (Fsp3) is 0.690. The molecular weight excluding hydrogens is 614 g/mol. The van der Waals surface area contributed by atoms with Gasteiger partial charge >= 0.3 is 0 Å². The molecule has 3 aromatic heterocycles. The topological polar surface area (TPSA) is 153 Å². The van der Waals surface area contributed by atoms with Crippen LogP contribution in [0, 0.1) is 5.92 Å². The van der Waals surface area contributed by atoms with Crippen molar-refractivity contribution in [2.24, 2.45) is 5.92 Å². The van der Waals surface area contributed by atoms with Gasteiger partial charge in [0.15, 0.2) is 0 Å². The molecule has 2 amide bonds. The highest BCUT2D eigenvalue weighted by atomic mass is 19.3. The van der Waals surface area contributed by atoms with Gasteiger partial charge in [-0.25, -0.2) is 41.7 Å². The number of hydrogen-bond donors (Lipinski definition) is 2. The van der Waals surface area contributed by atoms with Gasteiger partial charge in [-0.1, -0.05) is 0 Å². The maximum Gasteiger partial charge on any atom is 0.289 e. The number of hydrogen-bond acceptors (Lipinski definition) is 9. The van der Waals surface area contributed by atoms with Crippen LogP contribution in [0.15, 0.2) is 18.7 Å². The number of alkyl halides is 4. The van der Waals surface area contributed by atoms with E-state index in [0.717, 1.165) is 0 Å². The first-order valence-corrected chi connectivity index (χ1v) is 15.6. The van der Waals surface area contributed by atoms with Crippen molar-refractivity contribution in [1.82, 2.24) is 44.6 Å². The van der Waals surface area contributed by atoms with E-state index >= 15 is 0 Å². The Morgan fingerprint density at radius 2 is 1.78 bits per heavy atom. The minimum Gasteiger partial charge on any atom is -0.393 e. The Morgan fingerprint density at radius 3 is 2.48 bits per heavy atom. The lowest BCUT2D eigenvalue weighted by Gasteiger charge is -2.40. The van der Waals surface area contributed by atoms with Crippen molar-refractivity contribution in [2.75, 3.05) is 13.2 Å². The van der Waals surface area contributed by atoms with E-state index in [1.54, 1.807) is 6.20 Å². The highest BCUT2D eigenvalue weighted by Gasteiger charge is 2.43.